The molecule has 1 fully saturated rings. The second-order valence-electron chi connectivity index (χ2n) is 5.99. The number of benzene rings is 1. The first-order valence-electron chi connectivity index (χ1n) is 7.84. The number of carbonyl (C=O) groups is 1. The van der Waals surface area contributed by atoms with Gasteiger partial charge in [0.05, 0.1) is 13.2 Å². The zero-order valence-electron chi connectivity index (χ0n) is 13.2. The Balaban J connectivity index is 1.45. The number of morpholine rings is 1. The lowest BCUT2D eigenvalue weighted by molar-refractivity contribution is -0.146. The van der Waals surface area contributed by atoms with Gasteiger partial charge in [0.15, 0.2) is 11.9 Å². The summed E-state index contributed by atoms with van der Waals surface area (Å²) in [6.45, 7) is 3.09. The number of H-pyrrole nitrogens is 1. The number of fused-ring (bicyclic) bond motifs is 1. The molecule has 1 aromatic carbocycles. The van der Waals surface area contributed by atoms with Crippen molar-refractivity contribution in [1.29, 1.82) is 0 Å². The average molecular weight is 332 g/mol. The van der Waals surface area contributed by atoms with E-state index in [0.29, 0.717) is 43.5 Å². The van der Waals surface area contributed by atoms with Crippen LogP contribution in [0, 0.1) is 12.7 Å². The third kappa shape index (κ3) is 2.73. The molecule has 0 saturated carbocycles. The average Bonchev–Trinajstić information content (AvgIpc) is 3.20. The minimum Gasteiger partial charge on any atom is -0.480 e. The molecule has 126 valence electrons. The van der Waals surface area contributed by atoms with E-state index in [4.69, 9.17) is 9.47 Å². The topological polar surface area (TPSA) is 80.3 Å². The molecule has 2 atom stereocenters. The van der Waals surface area contributed by atoms with Gasteiger partial charge < -0.3 is 14.4 Å². The van der Waals surface area contributed by atoms with E-state index < -0.39 is 6.10 Å². The van der Waals surface area contributed by atoms with Gasteiger partial charge >= 0.3 is 0 Å². The van der Waals surface area contributed by atoms with Crippen molar-refractivity contribution < 1.29 is 18.7 Å². The second-order valence-corrected chi connectivity index (χ2v) is 5.99. The van der Waals surface area contributed by atoms with Gasteiger partial charge in [0, 0.05) is 18.5 Å². The summed E-state index contributed by atoms with van der Waals surface area (Å²) < 4.78 is 24.7. The minimum absolute atomic E-state index is 0.118. The Kier molecular flexibility index (Phi) is 3.68. The van der Waals surface area contributed by atoms with Gasteiger partial charge in [-0.1, -0.05) is 0 Å². The van der Waals surface area contributed by atoms with E-state index in [1.165, 1.54) is 12.1 Å². The number of nitrogens with zero attached hydrogens (tertiary/aromatic N) is 3. The van der Waals surface area contributed by atoms with Gasteiger partial charge in [0.1, 0.15) is 23.5 Å². The van der Waals surface area contributed by atoms with Crippen LogP contribution >= 0.6 is 0 Å². The molecule has 1 saturated heterocycles. The molecular weight excluding hydrogens is 315 g/mol. The molecule has 0 aliphatic carbocycles. The fraction of sp³-hybridized carbons (Fsp3) is 0.438. The maximum Gasteiger partial charge on any atom is 0.264 e. The summed E-state index contributed by atoms with van der Waals surface area (Å²) in [6, 6.07) is 4.32. The van der Waals surface area contributed by atoms with Crippen LogP contribution in [0.3, 0.4) is 0 Å². The van der Waals surface area contributed by atoms with Crippen LogP contribution in [0.2, 0.25) is 0 Å². The van der Waals surface area contributed by atoms with E-state index in [-0.39, 0.29) is 17.8 Å². The Bertz CT molecular complexity index is 778. The number of halogens is 1. The molecule has 2 aromatic rings. The highest BCUT2D eigenvalue weighted by Gasteiger charge is 2.36. The summed E-state index contributed by atoms with van der Waals surface area (Å²) in [5, 5.41) is 6.88. The molecule has 3 heterocycles. The number of nitrogens with one attached hydrogen (secondary N) is 1. The Morgan fingerprint density at radius 2 is 2.33 bits per heavy atom. The van der Waals surface area contributed by atoms with E-state index in [1.54, 1.807) is 11.0 Å². The number of hydrogen-bond donors (Lipinski definition) is 1. The molecule has 2 aliphatic heterocycles. The molecule has 2 aliphatic rings. The molecule has 1 aromatic heterocycles. The number of aryl methyl sites for hydroxylation is 1. The summed E-state index contributed by atoms with van der Waals surface area (Å²) in [7, 11) is 0. The molecular formula is C16H17FN4O3. The van der Waals surface area contributed by atoms with Gasteiger partial charge in [-0.2, -0.15) is 5.10 Å². The van der Waals surface area contributed by atoms with Crippen LogP contribution in [0.5, 0.6) is 5.75 Å². The second kappa shape index (κ2) is 5.86. The molecule has 8 heteroatoms. The van der Waals surface area contributed by atoms with E-state index in [2.05, 4.69) is 15.2 Å². The highest BCUT2D eigenvalue weighted by atomic mass is 19.1. The third-order valence-electron chi connectivity index (χ3n) is 4.25. The smallest absolute Gasteiger partial charge is 0.264 e. The van der Waals surface area contributed by atoms with Crippen molar-refractivity contribution in [2.75, 3.05) is 19.7 Å². The van der Waals surface area contributed by atoms with E-state index in [9.17, 15) is 9.18 Å². The molecule has 0 radical (unpaired) electrons. The van der Waals surface area contributed by atoms with E-state index in [0.717, 1.165) is 5.56 Å². The van der Waals surface area contributed by atoms with Gasteiger partial charge in [-0.3, -0.25) is 9.89 Å². The number of hydrogen-bond acceptors (Lipinski definition) is 5. The molecule has 2 unspecified atom stereocenters. The van der Waals surface area contributed by atoms with Gasteiger partial charge in [-0.05, 0) is 25.1 Å². The molecule has 7 nitrogen and oxygen atoms in total. The Hall–Kier alpha value is -2.48. The first kappa shape index (κ1) is 15.1. The predicted molar refractivity (Wildman–Crippen MR) is 80.9 cm³/mol. The lowest BCUT2D eigenvalue weighted by Crippen LogP contribution is -2.48. The van der Waals surface area contributed by atoms with Crippen LogP contribution < -0.4 is 4.74 Å². The summed E-state index contributed by atoms with van der Waals surface area (Å²) in [5.41, 5.74) is 0.725. The number of aromatic nitrogens is 3. The molecule has 24 heavy (non-hydrogen) atoms. The van der Waals surface area contributed by atoms with Crippen LogP contribution in [0.25, 0.3) is 0 Å². The maximum absolute atomic E-state index is 13.3. The van der Waals surface area contributed by atoms with Gasteiger partial charge in [-0.25, -0.2) is 9.37 Å². The Morgan fingerprint density at radius 1 is 1.46 bits per heavy atom. The zero-order chi connectivity index (χ0) is 16.7. The molecule has 1 N–H and O–H groups in total. The largest absolute Gasteiger partial charge is 0.480 e. The fourth-order valence-electron chi connectivity index (χ4n) is 3.07. The number of ether oxygens (including phenoxy) is 2. The third-order valence-corrected chi connectivity index (χ3v) is 4.25. The van der Waals surface area contributed by atoms with Gasteiger partial charge in [0.25, 0.3) is 5.91 Å². The first-order valence-corrected chi connectivity index (χ1v) is 7.84. The Labute approximate surface area is 137 Å². The predicted octanol–water partition coefficient (Wildman–Crippen LogP) is 1.16. The molecule has 4 rings (SSSR count). The summed E-state index contributed by atoms with van der Waals surface area (Å²) in [6.07, 6.45) is -0.587. The summed E-state index contributed by atoms with van der Waals surface area (Å²) in [4.78, 5) is 18.7. The van der Waals surface area contributed by atoms with Crippen molar-refractivity contribution in [3.8, 4) is 5.75 Å². The first-order chi connectivity index (χ1) is 11.6. The quantitative estimate of drug-likeness (QED) is 0.892. The summed E-state index contributed by atoms with van der Waals surface area (Å²) >= 11 is 0. The van der Waals surface area contributed by atoms with E-state index >= 15 is 0 Å². The monoisotopic (exact) mass is 332 g/mol. The van der Waals surface area contributed by atoms with Crippen molar-refractivity contribution >= 4 is 5.91 Å². The highest BCUT2D eigenvalue weighted by Crippen LogP contribution is 2.30. The van der Waals surface area contributed by atoms with Crippen molar-refractivity contribution in [2.24, 2.45) is 0 Å². The minimum atomic E-state index is -0.616. The van der Waals surface area contributed by atoms with Crippen LogP contribution in [-0.4, -0.2) is 51.8 Å². The normalized spacial score (nSPS) is 23.0. The number of aromatic amines is 1. The summed E-state index contributed by atoms with van der Waals surface area (Å²) in [5.74, 6) is 1.38. The standard InChI is InChI=1S/C16H17FN4O3/c1-9-18-15(20-19-9)14-8-21(4-5-23-14)16(22)13-7-10-6-11(17)2-3-12(10)24-13/h2-3,6,13-14H,4-5,7-8H2,1H3,(H,18,19,20). The zero-order valence-corrected chi connectivity index (χ0v) is 13.2. The fourth-order valence-corrected chi connectivity index (χ4v) is 3.07. The van der Waals surface area contributed by atoms with Gasteiger partial charge in [0.2, 0.25) is 0 Å². The van der Waals surface area contributed by atoms with Crippen LogP contribution in [0.15, 0.2) is 18.2 Å². The highest BCUT2D eigenvalue weighted by molar-refractivity contribution is 5.82. The molecule has 0 spiro atoms. The Morgan fingerprint density at radius 3 is 3.12 bits per heavy atom. The lowest BCUT2D eigenvalue weighted by Gasteiger charge is -2.32. The van der Waals surface area contributed by atoms with Crippen molar-refractivity contribution in [1.82, 2.24) is 20.1 Å². The van der Waals surface area contributed by atoms with Crippen LogP contribution in [0.4, 0.5) is 4.39 Å². The van der Waals surface area contributed by atoms with Crippen LogP contribution in [-0.2, 0) is 16.0 Å². The van der Waals surface area contributed by atoms with Crippen LogP contribution in [0.1, 0.15) is 23.3 Å². The maximum atomic E-state index is 13.3. The lowest BCUT2D eigenvalue weighted by atomic mass is 10.1. The van der Waals surface area contributed by atoms with Crippen molar-refractivity contribution in [2.45, 2.75) is 25.6 Å². The number of rotatable bonds is 2. The van der Waals surface area contributed by atoms with Crippen molar-refractivity contribution in [3.05, 3.63) is 41.2 Å². The number of carbonyl (C=O) groups excluding carboxylic acids is 1. The molecule has 0 bridgehead atoms. The van der Waals surface area contributed by atoms with Gasteiger partial charge in [-0.15, -0.1) is 0 Å². The SMILES string of the molecule is Cc1nc(C2CN(C(=O)C3Cc4cc(F)ccc4O3)CCO2)n[nH]1. The van der Waals surface area contributed by atoms with E-state index in [1.807, 2.05) is 6.92 Å². The molecule has 1 amide bonds. The van der Waals surface area contributed by atoms with Crippen molar-refractivity contribution in [3.63, 3.8) is 0 Å². The number of amides is 1.